The van der Waals surface area contributed by atoms with E-state index in [1.54, 1.807) is 12.1 Å². The van der Waals surface area contributed by atoms with Crippen LogP contribution in [0.4, 0.5) is 15.9 Å². The summed E-state index contributed by atoms with van der Waals surface area (Å²) >= 11 is 1.53. The molecule has 2 aromatic heterocycles. The largest absolute Gasteiger partial charge is 0.486 e. The van der Waals surface area contributed by atoms with Crippen molar-refractivity contribution in [2.45, 2.75) is 13.2 Å². The molecule has 0 unspecified atom stereocenters. The Morgan fingerprint density at radius 2 is 1.88 bits per heavy atom. The van der Waals surface area contributed by atoms with Crippen LogP contribution in [0.1, 0.15) is 10.6 Å². The molecule has 6 nitrogen and oxygen atoms in total. The summed E-state index contributed by atoms with van der Waals surface area (Å²) < 4.78 is 20.3. The third-order valence-corrected chi connectivity index (χ3v) is 5.96. The van der Waals surface area contributed by atoms with Crippen LogP contribution in [0.25, 0.3) is 22.2 Å². The van der Waals surface area contributed by atoms with Crippen molar-refractivity contribution >= 4 is 33.7 Å². The molecular weight excluding hydrogens is 437 g/mol. The Hall–Kier alpha value is -3.88. The molecule has 33 heavy (non-hydrogen) atoms. The van der Waals surface area contributed by atoms with Gasteiger partial charge in [-0.1, -0.05) is 36.4 Å². The molecule has 0 fully saturated rings. The quantitative estimate of drug-likeness (QED) is 0.327. The summed E-state index contributed by atoms with van der Waals surface area (Å²) in [7, 11) is 0. The second-order valence-electron chi connectivity index (χ2n) is 7.33. The van der Waals surface area contributed by atoms with Crippen LogP contribution >= 0.6 is 11.3 Å². The van der Waals surface area contributed by atoms with Crippen LogP contribution in [-0.4, -0.2) is 15.0 Å². The number of hydrogen-bond donors (Lipinski definition) is 2. The Morgan fingerprint density at radius 1 is 1.00 bits per heavy atom. The minimum atomic E-state index is -0.452. The van der Waals surface area contributed by atoms with Gasteiger partial charge in [0.25, 0.3) is 0 Å². The number of thiazole rings is 1. The summed E-state index contributed by atoms with van der Waals surface area (Å²) in [5.74, 6) is 0.318. The van der Waals surface area contributed by atoms with Crippen molar-refractivity contribution < 1.29 is 9.13 Å². The molecule has 3 aromatic carbocycles. The number of hydrogen-bond acceptors (Lipinski definition) is 7. The van der Waals surface area contributed by atoms with Crippen LogP contribution in [0.5, 0.6) is 5.75 Å². The fourth-order valence-electron chi connectivity index (χ4n) is 3.42. The summed E-state index contributed by atoms with van der Waals surface area (Å²) in [6, 6.07) is 20.3. The van der Waals surface area contributed by atoms with Crippen LogP contribution in [0, 0.1) is 5.82 Å². The Morgan fingerprint density at radius 3 is 2.67 bits per heavy atom. The Balaban J connectivity index is 1.39. The third-order valence-electron chi connectivity index (χ3n) is 5.09. The van der Waals surface area contributed by atoms with E-state index in [2.05, 4.69) is 20.3 Å². The molecule has 0 amide bonds. The second kappa shape index (κ2) is 9.32. The van der Waals surface area contributed by atoms with Gasteiger partial charge in [-0.3, -0.25) is 0 Å². The van der Waals surface area contributed by atoms with Crippen LogP contribution in [-0.2, 0) is 13.2 Å². The zero-order valence-corrected chi connectivity index (χ0v) is 18.3. The van der Waals surface area contributed by atoms with Gasteiger partial charge in [0, 0.05) is 34.6 Å². The molecule has 2 heterocycles. The summed E-state index contributed by atoms with van der Waals surface area (Å²) in [4.78, 5) is 13.3. The van der Waals surface area contributed by atoms with Crippen molar-refractivity contribution in [3.63, 3.8) is 0 Å². The maximum Gasteiger partial charge on any atom is 0.167 e. The van der Waals surface area contributed by atoms with Gasteiger partial charge >= 0.3 is 0 Å². The fraction of sp³-hybridized carbons (Fsp3) is 0.0800. The highest BCUT2D eigenvalue weighted by atomic mass is 32.1. The molecule has 0 saturated carbocycles. The molecule has 0 atom stereocenters. The molecule has 0 bridgehead atoms. The predicted molar refractivity (Wildman–Crippen MR) is 129 cm³/mol. The SMILES string of the molecule is NCc1nc(-c2ccc3ncnc(Nc4ccc(OCc5ccccc5)c(F)c4)c3c2)cs1. The molecule has 0 radical (unpaired) electrons. The van der Waals surface area contributed by atoms with E-state index in [0.29, 0.717) is 24.7 Å². The summed E-state index contributed by atoms with van der Waals surface area (Å²) in [5.41, 5.74) is 9.78. The molecule has 5 rings (SSSR count). The van der Waals surface area contributed by atoms with Gasteiger partial charge in [0.1, 0.15) is 23.8 Å². The van der Waals surface area contributed by atoms with Crippen molar-refractivity contribution in [3.05, 3.63) is 94.8 Å². The number of anilines is 2. The van der Waals surface area contributed by atoms with E-state index in [9.17, 15) is 4.39 Å². The van der Waals surface area contributed by atoms with Crippen LogP contribution in [0.2, 0.25) is 0 Å². The van der Waals surface area contributed by atoms with E-state index in [1.807, 2.05) is 53.9 Å². The standard InChI is InChI=1S/C25H20FN5OS/c26-20-11-18(7-9-23(20)32-13-16-4-2-1-3-5-16)30-25-19-10-17(6-8-21(19)28-15-29-25)22-14-33-24(12-27)31-22/h1-11,14-15H,12-13,27H2,(H,28,29,30). The van der Waals surface area contributed by atoms with E-state index < -0.39 is 5.82 Å². The molecule has 3 N–H and O–H groups in total. The van der Waals surface area contributed by atoms with Crippen molar-refractivity contribution in [2.24, 2.45) is 5.73 Å². The number of nitrogens with zero attached hydrogens (tertiary/aromatic N) is 3. The lowest BCUT2D eigenvalue weighted by molar-refractivity contribution is 0.290. The smallest absolute Gasteiger partial charge is 0.167 e. The first-order valence-electron chi connectivity index (χ1n) is 10.3. The molecule has 5 aromatic rings. The van der Waals surface area contributed by atoms with Gasteiger partial charge < -0.3 is 15.8 Å². The van der Waals surface area contributed by atoms with E-state index in [1.165, 1.54) is 23.7 Å². The lowest BCUT2D eigenvalue weighted by Gasteiger charge is -2.11. The maximum atomic E-state index is 14.7. The topological polar surface area (TPSA) is 86.0 Å². The highest BCUT2D eigenvalue weighted by Gasteiger charge is 2.11. The third kappa shape index (κ3) is 4.67. The first-order chi connectivity index (χ1) is 16.2. The highest BCUT2D eigenvalue weighted by Crippen LogP contribution is 2.30. The normalized spacial score (nSPS) is 11.0. The number of nitrogens with one attached hydrogen (secondary N) is 1. The van der Waals surface area contributed by atoms with Gasteiger partial charge in [0.05, 0.1) is 11.2 Å². The van der Waals surface area contributed by atoms with E-state index in [0.717, 1.165) is 32.7 Å². The van der Waals surface area contributed by atoms with Crippen LogP contribution < -0.4 is 15.8 Å². The average molecular weight is 458 g/mol. The number of fused-ring (bicyclic) bond motifs is 1. The minimum absolute atomic E-state index is 0.193. The van der Waals surface area contributed by atoms with Gasteiger partial charge in [0.2, 0.25) is 0 Å². The van der Waals surface area contributed by atoms with Gasteiger partial charge in [-0.25, -0.2) is 19.3 Å². The molecule has 0 aliphatic carbocycles. The predicted octanol–water partition coefficient (Wildman–Crippen LogP) is 5.67. The Labute approximate surface area is 193 Å². The molecule has 8 heteroatoms. The minimum Gasteiger partial charge on any atom is -0.486 e. The lowest BCUT2D eigenvalue weighted by atomic mass is 10.1. The number of rotatable bonds is 7. The lowest BCUT2D eigenvalue weighted by Crippen LogP contribution is -2.00. The molecule has 0 aliphatic heterocycles. The number of ether oxygens (including phenoxy) is 1. The number of nitrogens with two attached hydrogens (primary N) is 1. The number of aromatic nitrogens is 3. The first-order valence-corrected chi connectivity index (χ1v) is 11.2. The number of halogens is 1. The molecular formula is C25H20FN5OS. The first kappa shape index (κ1) is 21.0. The summed E-state index contributed by atoms with van der Waals surface area (Å²) in [6.07, 6.45) is 1.48. The highest BCUT2D eigenvalue weighted by molar-refractivity contribution is 7.09. The summed E-state index contributed by atoms with van der Waals surface area (Å²) in [5, 5.41) is 6.86. The van der Waals surface area contributed by atoms with Crippen molar-refractivity contribution in [1.29, 1.82) is 0 Å². The van der Waals surface area contributed by atoms with Gasteiger partial charge in [0.15, 0.2) is 11.6 Å². The molecule has 0 saturated heterocycles. The average Bonchev–Trinajstić information content (AvgIpc) is 3.34. The van der Waals surface area contributed by atoms with E-state index in [4.69, 9.17) is 10.5 Å². The fourth-order valence-corrected chi connectivity index (χ4v) is 4.10. The Kier molecular flexibility index (Phi) is 5.93. The number of benzene rings is 3. The Bertz CT molecular complexity index is 1410. The maximum absolute atomic E-state index is 14.7. The van der Waals surface area contributed by atoms with Crippen LogP contribution in [0.15, 0.2) is 78.4 Å². The zero-order valence-electron chi connectivity index (χ0n) is 17.5. The summed E-state index contributed by atoms with van der Waals surface area (Å²) in [6.45, 7) is 0.705. The zero-order chi connectivity index (χ0) is 22.6. The second-order valence-corrected chi connectivity index (χ2v) is 8.27. The van der Waals surface area contributed by atoms with Crippen molar-refractivity contribution in [3.8, 4) is 17.0 Å². The van der Waals surface area contributed by atoms with Gasteiger partial charge in [-0.15, -0.1) is 11.3 Å². The van der Waals surface area contributed by atoms with Crippen LogP contribution in [0.3, 0.4) is 0 Å². The van der Waals surface area contributed by atoms with Crippen molar-refractivity contribution in [1.82, 2.24) is 15.0 Å². The van der Waals surface area contributed by atoms with Gasteiger partial charge in [-0.05, 0) is 29.8 Å². The molecule has 0 spiro atoms. The van der Waals surface area contributed by atoms with E-state index in [-0.39, 0.29) is 5.75 Å². The van der Waals surface area contributed by atoms with Crippen molar-refractivity contribution in [2.75, 3.05) is 5.32 Å². The molecule has 0 aliphatic rings. The van der Waals surface area contributed by atoms with E-state index >= 15 is 0 Å². The van der Waals surface area contributed by atoms with Gasteiger partial charge in [-0.2, -0.15) is 0 Å². The molecule has 164 valence electrons. The monoisotopic (exact) mass is 457 g/mol.